The molecule has 0 saturated heterocycles. The monoisotopic (exact) mass is 456 g/mol. The average molecular weight is 457 g/mol. The molecule has 0 saturated carbocycles. The molecule has 2 unspecified atom stereocenters. The normalized spacial score (nSPS) is 17.7. The van der Waals surface area contributed by atoms with Crippen molar-refractivity contribution >= 4 is 35.3 Å². The third-order valence-electron chi connectivity index (χ3n) is 5.21. The van der Waals surface area contributed by atoms with Crippen molar-refractivity contribution in [1.82, 2.24) is 0 Å². The number of benzene rings is 2. The second-order valence-corrected chi connectivity index (χ2v) is 7.47. The first-order valence-corrected chi connectivity index (χ1v) is 10.2. The van der Waals surface area contributed by atoms with E-state index in [4.69, 9.17) is 21.1 Å². The summed E-state index contributed by atoms with van der Waals surface area (Å²) in [5.41, 5.74) is -1.36. The second kappa shape index (κ2) is 9.74. The van der Waals surface area contributed by atoms with Gasteiger partial charge < -0.3 is 9.47 Å². The number of Topliss-reactive ketones (excluding diaryl/α,β-unsaturated/α-hetero) is 1. The molecule has 0 amide bonds. The quantitative estimate of drug-likeness (QED) is 0.241. The van der Waals surface area contributed by atoms with Crippen LogP contribution in [-0.4, -0.2) is 42.1 Å². The van der Waals surface area contributed by atoms with Crippen molar-refractivity contribution in [3.8, 4) is 5.75 Å². The molecule has 9 heteroatoms. The Morgan fingerprint density at radius 1 is 1.22 bits per heavy atom. The Bertz CT molecular complexity index is 1080. The Balaban J connectivity index is 2.13. The smallest absolute Gasteiger partial charge is 0.314 e. The standard InChI is InChI=1S/C23H21ClN2O6/c1-3-32-22(28)18(14-16-6-4-7-19(31-2)20(16)26(29)30)23(12-5-13-25-23)21(27)15-8-10-17(24)11-9-15/h4-13,18H,3,14H2,1-2H3. The molecular weight excluding hydrogens is 436 g/mol. The van der Waals surface area contributed by atoms with E-state index in [0.29, 0.717) is 10.6 Å². The van der Waals surface area contributed by atoms with Crippen molar-refractivity contribution in [3.05, 3.63) is 80.9 Å². The van der Waals surface area contributed by atoms with Gasteiger partial charge in [0.2, 0.25) is 0 Å². The number of para-hydroxylation sites is 1. The zero-order valence-corrected chi connectivity index (χ0v) is 18.2. The molecule has 32 heavy (non-hydrogen) atoms. The fourth-order valence-corrected chi connectivity index (χ4v) is 3.84. The Morgan fingerprint density at radius 2 is 1.94 bits per heavy atom. The van der Waals surface area contributed by atoms with Crippen molar-refractivity contribution in [2.24, 2.45) is 10.9 Å². The number of halogens is 1. The molecule has 2 aromatic rings. The summed E-state index contributed by atoms with van der Waals surface area (Å²) in [6.45, 7) is 1.72. The first kappa shape index (κ1) is 23.1. The van der Waals surface area contributed by atoms with Crippen molar-refractivity contribution in [3.63, 3.8) is 0 Å². The van der Waals surface area contributed by atoms with Gasteiger partial charge in [-0.05, 0) is 55.8 Å². The number of nitro groups is 1. The largest absolute Gasteiger partial charge is 0.490 e. The van der Waals surface area contributed by atoms with Crippen LogP contribution in [0.3, 0.4) is 0 Å². The molecule has 0 N–H and O–H groups in total. The number of ketones is 1. The maximum absolute atomic E-state index is 13.6. The Hall–Kier alpha value is -3.52. The maximum atomic E-state index is 13.6. The molecule has 0 bridgehead atoms. The van der Waals surface area contributed by atoms with E-state index < -0.39 is 28.1 Å². The van der Waals surface area contributed by atoms with Gasteiger partial charge in [-0.15, -0.1) is 0 Å². The minimum absolute atomic E-state index is 0.0543. The van der Waals surface area contributed by atoms with Gasteiger partial charge in [-0.1, -0.05) is 23.7 Å². The molecule has 0 aromatic heterocycles. The minimum atomic E-state index is -1.61. The summed E-state index contributed by atoms with van der Waals surface area (Å²) in [5, 5.41) is 12.2. The number of ether oxygens (including phenoxy) is 2. The Kier molecular flexibility index (Phi) is 7.05. The third-order valence-corrected chi connectivity index (χ3v) is 5.46. The van der Waals surface area contributed by atoms with Crippen LogP contribution < -0.4 is 4.74 Å². The van der Waals surface area contributed by atoms with Crippen LogP contribution >= 0.6 is 11.6 Å². The SMILES string of the molecule is CCOC(=O)C(Cc1cccc(OC)c1[N+](=O)[O-])C1(C(=O)c2ccc(Cl)cc2)C=CC=N1. The highest BCUT2D eigenvalue weighted by Crippen LogP contribution is 2.38. The number of nitrogens with zero attached hydrogens (tertiary/aromatic N) is 2. The molecule has 8 nitrogen and oxygen atoms in total. The van der Waals surface area contributed by atoms with Crippen LogP contribution in [0, 0.1) is 16.0 Å². The summed E-state index contributed by atoms with van der Waals surface area (Å²) >= 11 is 5.94. The van der Waals surface area contributed by atoms with Gasteiger partial charge in [0, 0.05) is 22.4 Å². The molecular formula is C23H21ClN2O6. The lowest BCUT2D eigenvalue weighted by Crippen LogP contribution is -2.47. The molecule has 3 rings (SSSR count). The van der Waals surface area contributed by atoms with Crippen LogP contribution in [0.5, 0.6) is 5.75 Å². The molecule has 166 valence electrons. The van der Waals surface area contributed by atoms with Crippen LogP contribution in [0.4, 0.5) is 5.69 Å². The summed E-state index contributed by atoms with van der Waals surface area (Å²) in [7, 11) is 1.32. The molecule has 1 heterocycles. The first-order valence-electron chi connectivity index (χ1n) is 9.84. The summed E-state index contributed by atoms with van der Waals surface area (Å²) in [4.78, 5) is 42.2. The number of esters is 1. The van der Waals surface area contributed by atoms with Crippen LogP contribution in [0.25, 0.3) is 0 Å². The Morgan fingerprint density at radius 3 is 2.50 bits per heavy atom. The van der Waals surface area contributed by atoms with Gasteiger partial charge in [0.05, 0.1) is 24.6 Å². The van der Waals surface area contributed by atoms with Gasteiger partial charge in [-0.25, -0.2) is 0 Å². The molecule has 0 radical (unpaired) electrons. The van der Waals surface area contributed by atoms with Gasteiger partial charge in [-0.3, -0.25) is 24.7 Å². The number of allylic oxidation sites excluding steroid dienone is 1. The number of hydrogen-bond acceptors (Lipinski definition) is 7. The molecule has 1 aliphatic rings. The fourth-order valence-electron chi connectivity index (χ4n) is 3.72. The van der Waals surface area contributed by atoms with Gasteiger partial charge in [0.1, 0.15) is 0 Å². The van der Waals surface area contributed by atoms with Gasteiger partial charge >= 0.3 is 11.7 Å². The number of carbonyl (C=O) groups is 2. The van der Waals surface area contributed by atoms with Crippen molar-refractivity contribution < 1.29 is 24.0 Å². The van der Waals surface area contributed by atoms with E-state index in [9.17, 15) is 19.7 Å². The number of carbonyl (C=O) groups excluding carboxylic acids is 2. The molecule has 0 spiro atoms. The van der Waals surface area contributed by atoms with E-state index in [0.717, 1.165) is 0 Å². The lowest BCUT2D eigenvalue weighted by atomic mass is 9.75. The van der Waals surface area contributed by atoms with E-state index in [1.165, 1.54) is 31.5 Å². The number of hydrogen-bond donors (Lipinski definition) is 0. The van der Waals surface area contributed by atoms with Crippen LogP contribution in [0.2, 0.25) is 5.02 Å². The highest BCUT2D eigenvalue weighted by atomic mass is 35.5. The van der Waals surface area contributed by atoms with E-state index in [2.05, 4.69) is 4.99 Å². The minimum Gasteiger partial charge on any atom is -0.490 e. The number of rotatable bonds is 9. The predicted molar refractivity (Wildman–Crippen MR) is 120 cm³/mol. The van der Waals surface area contributed by atoms with E-state index in [1.54, 1.807) is 43.3 Å². The van der Waals surface area contributed by atoms with Crippen LogP contribution in [0.1, 0.15) is 22.8 Å². The van der Waals surface area contributed by atoms with Crippen LogP contribution in [-0.2, 0) is 16.0 Å². The first-order chi connectivity index (χ1) is 15.3. The van der Waals surface area contributed by atoms with Gasteiger partial charge in [0.25, 0.3) is 0 Å². The average Bonchev–Trinajstić information content (AvgIpc) is 3.28. The molecule has 2 aromatic carbocycles. The van der Waals surface area contributed by atoms with E-state index >= 15 is 0 Å². The second-order valence-electron chi connectivity index (χ2n) is 7.03. The molecule has 1 aliphatic heterocycles. The van der Waals surface area contributed by atoms with Crippen molar-refractivity contribution in [2.45, 2.75) is 18.9 Å². The van der Waals surface area contributed by atoms with Crippen LogP contribution in [0.15, 0.2) is 59.6 Å². The van der Waals surface area contributed by atoms with Crippen molar-refractivity contribution in [2.75, 3.05) is 13.7 Å². The van der Waals surface area contributed by atoms with E-state index in [1.807, 2.05) is 0 Å². The number of methoxy groups -OCH3 is 1. The third kappa shape index (κ3) is 4.40. The highest BCUT2D eigenvalue weighted by molar-refractivity contribution is 6.30. The lowest BCUT2D eigenvalue weighted by Gasteiger charge is -2.31. The van der Waals surface area contributed by atoms with E-state index in [-0.39, 0.29) is 30.0 Å². The van der Waals surface area contributed by atoms with Gasteiger partial charge in [-0.2, -0.15) is 0 Å². The zero-order chi connectivity index (χ0) is 23.3. The van der Waals surface area contributed by atoms with Crippen molar-refractivity contribution in [1.29, 1.82) is 0 Å². The Labute approximate surface area is 189 Å². The maximum Gasteiger partial charge on any atom is 0.314 e. The van der Waals surface area contributed by atoms with Gasteiger partial charge in [0.15, 0.2) is 17.1 Å². The summed E-state index contributed by atoms with van der Waals surface area (Å²) in [6.07, 6.45) is 4.37. The summed E-state index contributed by atoms with van der Waals surface area (Å²) < 4.78 is 10.4. The fraction of sp³-hybridized carbons (Fsp3) is 0.261. The lowest BCUT2D eigenvalue weighted by molar-refractivity contribution is -0.386. The highest BCUT2D eigenvalue weighted by Gasteiger charge is 2.50. The topological polar surface area (TPSA) is 108 Å². The molecule has 0 fully saturated rings. The molecule has 0 aliphatic carbocycles. The summed E-state index contributed by atoms with van der Waals surface area (Å²) in [6, 6.07) is 10.8. The molecule has 2 atom stereocenters. The zero-order valence-electron chi connectivity index (χ0n) is 17.5. The number of aliphatic imine (C=N–C) groups is 1. The summed E-state index contributed by atoms with van der Waals surface area (Å²) in [5.74, 6) is -2.22. The number of nitro benzene ring substituents is 1. The predicted octanol–water partition coefficient (Wildman–Crippen LogP) is 4.24.